The second-order valence-corrected chi connectivity index (χ2v) is 5.84. The molecule has 0 saturated heterocycles. The van der Waals surface area contributed by atoms with Crippen LogP contribution >= 0.6 is 15.9 Å². The largest absolute Gasteiger partial charge is 0.494 e. The SMILES string of the molecule is CCOc1ccc(OCC(=O)Nc2ccc(Br)cc2C(=O)OC)cc1. The Morgan fingerprint density at radius 2 is 1.68 bits per heavy atom. The number of amides is 1. The van der Waals surface area contributed by atoms with E-state index in [2.05, 4.69) is 21.2 Å². The van der Waals surface area contributed by atoms with Gasteiger partial charge in [0, 0.05) is 4.47 Å². The van der Waals surface area contributed by atoms with Crippen LogP contribution in [0.4, 0.5) is 5.69 Å². The zero-order valence-corrected chi connectivity index (χ0v) is 15.5. The Labute approximate surface area is 154 Å². The molecular weight excluding hydrogens is 390 g/mol. The fourth-order valence-electron chi connectivity index (χ4n) is 2.04. The van der Waals surface area contributed by atoms with Crippen molar-refractivity contribution in [1.82, 2.24) is 0 Å². The van der Waals surface area contributed by atoms with E-state index in [0.29, 0.717) is 22.5 Å². The van der Waals surface area contributed by atoms with Crippen LogP contribution in [-0.2, 0) is 9.53 Å². The Morgan fingerprint density at radius 1 is 1.04 bits per heavy atom. The lowest BCUT2D eigenvalue weighted by Crippen LogP contribution is -2.21. The average molecular weight is 408 g/mol. The van der Waals surface area contributed by atoms with Gasteiger partial charge in [-0.25, -0.2) is 4.79 Å². The summed E-state index contributed by atoms with van der Waals surface area (Å²) in [6, 6.07) is 11.9. The van der Waals surface area contributed by atoms with Gasteiger partial charge in [-0.3, -0.25) is 4.79 Å². The molecule has 25 heavy (non-hydrogen) atoms. The third-order valence-electron chi connectivity index (χ3n) is 3.17. The summed E-state index contributed by atoms with van der Waals surface area (Å²) in [4.78, 5) is 23.9. The van der Waals surface area contributed by atoms with Crippen LogP contribution in [0, 0.1) is 0 Å². The molecule has 132 valence electrons. The zero-order valence-electron chi connectivity index (χ0n) is 13.9. The molecule has 0 heterocycles. The van der Waals surface area contributed by atoms with Crippen molar-refractivity contribution in [2.45, 2.75) is 6.92 Å². The first-order valence-corrected chi connectivity index (χ1v) is 8.36. The minimum absolute atomic E-state index is 0.190. The number of rotatable bonds is 7. The minimum Gasteiger partial charge on any atom is -0.494 e. The van der Waals surface area contributed by atoms with Gasteiger partial charge in [-0.05, 0) is 49.4 Å². The van der Waals surface area contributed by atoms with Crippen molar-refractivity contribution in [3.05, 3.63) is 52.5 Å². The molecule has 2 aromatic carbocycles. The van der Waals surface area contributed by atoms with E-state index in [9.17, 15) is 9.59 Å². The van der Waals surface area contributed by atoms with Gasteiger partial charge in [0.05, 0.1) is 25.0 Å². The molecule has 1 N–H and O–H groups in total. The van der Waals surface area contributed by atoms with Crippen molar-refractivity contribution in [1.29, 1.82) is 0 Å². The van der Waals surface area contributed by atoms with Gasteiger partial charge >= 0.3 is 5.97 Å². The van der Waals surface area contributed by atoms with Crippen LogP contribution in [-0.4, -0.2) is 32.2 Å². The highest BCUT2D eigenvalue weighted by atomic mass is 79.9. The van der Waals surface area contributed by atoms with Crippen LogP contribution in [0.5, 0.6) is 11.5 Å². The molecule has 1 amide bonds. The number of carbonyl (C=O) groups excluding carboxylic acids is 2. The summed E-state index contributed by atoms with van der Waals surface area (Å²) in [5.74, 6) is 0.352. The van der Waals surface area contributed by atoms with E-state index in [1.165, 1.54) is 7.11 Å². The summed E-state index contributed by atoms with van der Waals surface area (Å²) in [5.41, 5.74) is 0.613. The van der Waals surface area contributed by atoms with Crippen molar-refractivity contribution in [3.8, 4) is 11.5 Å². The second kappa shape index (κ2) is 9.08. The van der Waals surface area contributed by atoms with Crippen LogP contribution in [0.3, 0.4) is 0 Å². The molecule has 0 saturated carbocycles. The molecule has 0 aromatic heterocycles. The average Bonchev–Trinajstić information content (AvgIpc) is 2.62. The smallest absolute Gasteiger partial charge is 0.340 e. The van der Waals surface area contributed by atoms with Gasteiger partial charge in [-0.2, -0.15) is 0 Å². The molecule has 0 aliphatic heterocycles. The highest BCUT2D eigenvalue weighted by Gasteiger charge is 2.15. The quantitative estimate of drug-likeness (QED) is 0.708. The van der Waals surface area contributed by atoms with Gasteiger partial charge in [-0.15, -0.1) is 0 Å². The molecule has 6 nitrogen and oxygen atoms in total. The van der Waals surface area contributed by atoms with Gasteiger partial charge in [0.1, 0.15) is 11.5 Å². The van der Waals surface area contributed by atoms with Gasteiger partial charge in [0.2, 0.25) is 0 Å². The molecule has 2 rings (SSSR count). The van der Waals surface area contributed by atoms with Gasteiger partial charge in [-0.1, -0.05) is 15.9 Å². The number of carbonyl (C=O) groups is 2. The fraction of sp³-hybridized carbons (Fsp3) is 0.222. The van der Waals surface area contributed by atoms with Crippen molar-refractivity contribution < 1.29 is 23.8 Å². The van der Waals surface area contributed by atoms with Crippen molar-refractivity contribution in [3.63, 3.8) is 0 Å². The van der Waals surface area contributed by atoms with E-state index >= 15 is 0 Å². The maximum atomic E-state index is 12.1. The molecular formula is C18H18BrNO5. The van der Waals surface area contributed by atoms with Crippen LogP contribution in [0.1, 0.15) is 17.3 Å². The number of ether oxygens (including phenoxy) is 3. The van der Waals surface area contributed by atoms with Gasteiger partial charge in [0.25, 0.3) is 5.91 Å². The van der Waals surface area contributed by atoms with Crippen molar-refractivity contribution in [2.24, 2.45) is 0 Å². The third kappa shape index (κ3) is 5.49. The molecule has 0 aliphatic carbocycles. The molecule has 0 radical (unpaired) electrons. The number of nitrogens with one attached hydrogen (secondary N) is 1. The standard InChI is InChI=1S/C18H18BrNO5/c1-3-24-13-5-7-14(8-6-13)25-11-17(21)20-16-9-4-12(19)10-15(16)18(22)23-2/h4-10H,3,11H2,1-2H3,(H,20,21). The monoisotopic (exact) mass is 407 g/mol. The van der Waals surface area contributed by atoms with Crippen molar-refractivity contribution in [2.75, 3.05) is 25.6 Å². The predicted molar refractivity (Wildman–Crippen MR) is 97.2 cm³/mol. The van der Waals surface area contributed by atoms with Crippen LogP contribution in [0.25, 0.3) is 0 Å². The second-order valence-electron chi connectivity index (χ2n) is 4.92. The summed E-state index contributed by atoms with van der Waals surface area (Å²) < 4.78 is 16.2. The minimum atomic E-state index is -0.538. The van der Waals surface area contributed by atoms with Crippen LogP contribution < -0.4 is 14.8 Å². The van der Waals surface area contributed by atoms with E-state index in [0.717, 1.165) is 5.75 Å². The first-order valence-electron chi connectivity index (χ1n) is 7.57. The first-order chi connectivity index (χ1) is 12.0. The highest BCUT2D eigenvalue weighted by molar-refractivity contribution is 9.10. The molecule has 0 unspecified atom stereocenters. The molecule has 2 aromatic rings. The lowest BCUT2D eigenvalue weighted by Gasteiger charge is -2.11. The van der Waals surface area contributed by atoms with Gasteiger partial charge < -0.3 is 19.5 Å². The molecule has 0 spiro atoms. The number of benzene rings is 2. The van der Waals surface area contributed by atoms with E-state index in [1.807, 2.05) is 6.92 Å². The highest BCUT2D eigenvalue weighted by Crippen LogP contribution is 2.22. The summed E-state index contributed by atoms with van der Waals surface area (Å²) >= 11 is 3.28. The molecule has 0 bridgehead atoms. The van der Waals surface area contributed by atoms with Crippen LogP contribution in [0.15, 0.2) is 46.9 Å². The van der Waals surface area contributed by atoms with Gasteiger partial charge in [0.15, 0.2) is 6.61 Å². The molecule has 0 aliphatic rings. The molecule has 0 fully saturated rings. The normalized spacial score (nSPS) is 10.0. The maximum absolute atomic E-state index is 12.1. The lowest BCUT2D eigenvalue weighted by molar-refractivity contribution is -0.118. The van der Waals surface area contributed by atoms with E-state index < -0.39 is 5.97 Å². The van der Waals surface area contributed by atoms with E-state index in [1.54, 1.807) is 42.5 Å². The topological polar surface area (TPSA) is 73.9 Å². The Balaban J connectivity index is 1.97. The van der Waals surface area contributed by atoms with Crippen molar-refractivity contribution >= 4 is 33.5 Å². The number of hydrogen-bond acceptors (Lipinski definition) is 5. The summed E-state index contributed by atoms with van der Waals surface area (Å²) in [6.07, 6.45) is 0. The first kappa shape index (κ1) is 18.8. The predicted octanol–water partition coefficient (Wildman–Crippen LogP) is 3.65. The Kier molecular flexibility index (Phi) is 6.82. The number of anilines is 1. The Morgan fingerprint density at radius 3 is 2.28 bits per heavy atom. The lowest BCUT2D eigenvalue weighted by atomic mass is 10.2. The Bertz CT molecular complexity index is 746. The van der Waals surface area contributed by atoms with E-state index in [-0.39, 0.29) is 18.1 Å². The summed E-state index contributed by atoms with van der Waals surface area (Å²) in [5, 5.41) is 2.64. The number of hydrogen-bond donors (Lipinski definition) is 1. The number of esters is 1. The number of methoxy groups -OCH3 is 1. The maximum Gasteiger partial charge on any atom is 0.340 e. The molecule has 0 atom stereocenters. The van der Waals surface area contributed by atoms with Crippen LogP contribution in [0.2, 0.25) is 0 Å². The van der Waals surface area contributed by atoms with E-state index in [4.69, 9.17) is 14.2 Å². The number of halogens is 1. The summed E-state index contributed by atoms with van der Waals surface area (Å²) in [6.45, 7) is 2.29. The third-order valence-corrected chi connectivity index (χ3v) is 3.66. The fourth-order valence-corrected chi connectivity index (χ4v) is 2.40. The Hall–Kier alpha value is -2.54. The molecule has 7 heteroatoms. The summed E-state index contributed by atoms with van der Waals surface area (Å²) in [7, 11) is 1.28. The zero-order chi connectivity index (χ0) is 18.2.